The molecule has 0 aliphatic heterocycles. The van der Waals surface area contributed by atoms with E-state index in [4.69, 9.17) is 5.11 Å². The number of nitrogens with zero attached hydrogens (tertiary/aromatic N) is 2. The average Bonchev–Trinajstić information content (AvgIpc) is 2.96. The SMILES string of the molecule is O=S(=O)(NC1(CCO)CCC1)c1cnn(-c2ccccc2F)c1. The number of rotatable bonds is 6. The predicted octanol–water partition coefficient (Wildman–Crippen LogP) is 1.59. The number of nitrogens with one attached hydrogen (secondary N) is 1. The fourth-order valence-corrected chi connectivity index (χ4v) is 4.20. The predicted molar refractivity (Wildman–Crippen MR) is 82.1 cm³/mol. The standard InChI is InChI=1S/C15H18FN3O3S/c16-13-4-1-2-5-14(13)19-11-12(10-17-19)23(21,22)18-15(8-9-20)6-3-7-15/h1-2,4-5,10-11,18,20H,3,6-9H2. The van der Waals surface area contributed by atoms with Crippen LogP contribution in [0.3, 0.4) is 0 Å². The van der Waals surface area contributed by atoms with Gasteiger partial charge in [-0.05, 0) is 37.8 Å². The Morgan fingerprint density at radius 1 is 1.35 bits per heavy atom. The molecule has 23 heavy (non-hydrogen) atoms. The van der Waals surface area contributed by atoms with E-state index in [1.165, 1.54) is 29.2 Å². The molecule has 2 N–H and O–H groups in total. The quantitative estimate of drug-likeness (QED) is 0.837. The normalized spacial score (nSPS) is 17.0. The maximum Gasteiger partial charge on any atom is 0.244 e. The lowest BCUT2D eigenvalue weighted by molar-refractivity contribution is 0.156. The number of benzene rings is 1. The first kappa shape index (κ1) is 16.1. The van der Waals surface area contributed by atoms with E-state index in [0.717, 1.165) is 6.42 Å². The number of aromatic nitrogens is 2. The van der Waals surface area contributed by atoms with Crippen molar-refractivity contribution in [2.45, 2.75) is 36.1 Å². The number of aliphatic hydroxyl groups is 1. The van der Waals surface area contributed by atoms with Crippen molar-refractivity contribution in [2.24, 2.45) is 0 Å². The third kappa shape index (κ3) is 3.15. The van der Waals surface area contributed by atoms with Gasteiger partial charge >= 0.3 is 0 Å². The summed E-state index contributed by atoms with van der Waals surface area (Å²) < 4.78 is 42.6. The van der Waals surface area contributed by atoms with Gasteiger partial charge in [-0.2, -0.15) is 5.10 Å². The number of halogens is 1. The van der Waals surface area contributed by atoms with E-state index in [-0.39, 0.29) is 17.2 Å². The summed E-state index contributed by atoms with van der Waals surface area (Å²) in [6, 6.07) is 6.01. The van der Waals surface area contributed by atoms with E-state index in [2.05, 4.69) is 9.82 Å². The van der Waals surface area contributed by atoms with Crippen LogP contribution in [0.1, 0.15) is 25.7 Å². The van der Waals surface area contributed by atoms with Crippen molar-refractivity contribution in [2.75, 3.05) is 6.61 Å². The van der Waals surface area contributed by atoms with E-state index in [0.29, 0.717) is 19.3 Å². The Kier molecular flexibility index (Phi) is 4.22. The first-order valence-electron chi connectivity index (χ1n) is 7.40. The lowest BCUT2D eigenvalue weighted by atomic mass is 9.75. The molecule has 6 nitrogen and oxygen atoms in total. The van der Waals surface area contributed by atoms with Crippen LogP contribution in [0.5, 0.6) is 0 Å². The second kappa shape index (κ2) is 6.03. The molecular weight excluding hydrogens is 321 g/mol. The Morgan fingerprint density at radius 2 is 2.09 bits per heavy atom. The fourth-order valence-electron chi connectivity index (χ4n) is 2.78. The minimum absolute atomic E-state index is 0.0232. The van der Waals surface area contributed by atoms with Gasteiger partial charge < -0.3 is 5.11 Å². The highest BCUT2D eigenvalue weighted by Crippen LogP contribution is 2.36. The maximum atomic E-state index is 13.8. The summed E-state index contributed by atoms with van der Waals surface area (Å²) >= 11 is 0. The minimum Gasteiger partial charge on any atom is -0.396 e. The van der Waals surface area contributed by atoms with Gasteiger partial charge in [0.05, 0.1) is 12.4 Å². The summed E-state index contributed by atoms with van der Waals surface area (Å²) in [5.41, 5.74) is -0.393. The van der Waals surface area contributed by atoms with Crippen molar-refractivity contribution >= 4 is 10.0 Å². The van der Waals surface area contributed by atoms with Crippen LogP contribution in [0.2, 0.25) is 0 Å². The van der Waals surface area contributed by atoms with Crippen molar-refractivity contribution in [3.63, 3.8) is 0 Å². The molecule has 1 aromatic heterocycles. The van der Waals surface area contributed by atoms with E-state index in [9.17, 15) is 12.8 Å². The van der Waals surface area contributed by atoms with Gasteiger partial charge in [0, 0.05) is 12.1 Å². The number of hydrogen-bond donors (Lipinski definition) is 2. The number of sulfonamides is 1. The molecule has 1 fully saturated rings. The van der Waals surface area contributed by atoms with E-state index in [1.54, 1.807) is 12.1 Å². The van der Waals surface area contributed by atoms with Gasteiger partial charge in [0.1, 0.15) is 16.4 Å². The zero-order valence-corrected chi connectivity index (χ0v) is 13.3. The summed E-state index contributed by atoms with van der Waals surface area (Å²) in [5, 5.41) is 13.1. The fraction of sp³-hybridized carbons (Fsp3) is 0.400. The number of aliphatic hydroxyl groups excluding tert-OH is 1. The highest BCUT2D eigenvalue weighted by molar-refractivity contribution is 7.89. The Bertz CT molecular complexity index is 800. The average molecular weight is 339 g/mol. The second-order valence-electron chi connectivity index (χ2n) is 5.79. The summed E-state index contributed by atoms with van der Waals surface area (Å²) in [4.78, 5) is -0.0232. The third-order valence-electron chi connectivity index (χ3n) is 4.22. The molecule has 0 atom stereocenters. The largest absolute Gasteiger partial charge is 0.396 e. The zero-order chi connectivity index (χ0) is 16.5. The highest BCUT2D eigenvalue weighted by atomic mass is 32.2. The van der Waals surface area contributed by atoms with Crippen LogP contribution < -0.4 is 4.72 Å². The molecule has 2 aromatic rings. The smallest absolute Gasteiger partial charge is 0.244 e. The van der Waals surface area contributed by atoms with Crippen LogP contribution >= 0.6 is 0 Å². The summed E-state index contributed by atoms with van der Waals surface area (Å²) in [6.45, 7) is -0.0724. The van der Waals surface area contributed by atoms with E-state index >= 15 is 0 Å². The Morgan fingerprint density at radius 3 is 2.70 bits per heavy atom. The Balaban J connectivity index is 1.86. The second-order valence-corrected chi connectivity index (χ2v) is 7.47. The Labute approximate surface area is 134 Å². The van der Waals surface area contributed by atoms with Gasteiger partial charge in [-0.15, -0.1) is 0 Å². The lowest BCUT2D eigenvalue weighted by Gasteiger charge is -2.41. The molecule has 1 aromatic carbocycles. The molecule has 1 aliphatic rings. The first-order chi connectivity index (χ1) is 11.0. The van der Waals surface area contributed by atoms with Crippen LogP contribution in [0, 0.1) is 5.82 Å². The summed E-state index contributed by atoms with van der Waals surface area (Å²) in [5.74, 6) is -0.483. The maximum absolute atomic E-state index is 13.8. The van der Waals surface area contributed by atoms with Crippen LogP contribution in [0.25, 0.3) is 5.69 Å². The monoisotopic (exact) mass is 339 g/mol. The van der Waals surface area contributed by atoms with E-state index in [1.807, 2.05) is 0 Å². The van der Waals surface area contributed by atoms with Crippen molar-refractivity contribution in [3.05, 3.63) is 42.5 Å². The van der Waals surface area contributed by atoms with Crippen LogP contribution in [0.4, 0.5) is 4.39 Å². The lowest BCUT2D eigenvalue weighted by Crippen LogP contribution is -2.53. The Hall–Kier alpha value is -1.77. The minimum atomic E-state index is -3.77. The molecule has 0 amide bonds. The van der Waals surface area contributed by atoms with Crippen molar-refractivity contribution in [1.29, 1.82) is 0 Å². The topological polar surface area (TPSA) is 84.2 Å². The number of para-hydroxylation sites is 1. The van der Waals surface area contributed by atoms with Gasteiger partial charge in [0.2, 0.25) is 10.0 Å². The molecule has 3 rings (SSSR count). The molecular formula is C15H18FN3O3S. The summed E-state index contributed by atoms with van der Waals surface area (Å²) in [6.07, 6.45) is 5.19. The van der Waals surface area contributed by atoms with Crippen LogP contribution in [-0.2, 0) is 10.0 Å². The molecule has 124 valence electrons. The van der Waals surface area contributed by atoms with Crippen LogP contribution in [-0.4, -0.2) is 35.5 Å². The molecule has 0 unspecified atom stereocenters. The molecule has 1 saturated carbocycles. The molecule has 0 saturated heterocycles. The molecule has 1 heterocycles. The van der Waals surface area contributed by atoms with Gasteiger partial charge in [-0.1, -0.05) is 12.1 Å². The molecule has 0 bridgehead atoms. The summed E-state index contributed by atoms with van der Waals surface area (Å²) in [7, 11) is -3.77. The zero-order valence-electron chi connectivity index (χ0n) is 12.4. The van der Waals surface area contributed by atoms with Crippen molar-refractivity contribution in [3.8, 4) is 5.69 Å². The third-order valence-corrected chi connectivity index (χ3v) is 5.75. The number of hydrogen-bond acceptors (Lipinski definition) is 4. The van der Waals surface area contributed by atoms with Gasteiger partial charge in [-0.25, -0.2) is 22.2 Å². The van der Waals surface area contributed by atoms with E-state index < -0.39 is 21.4 Å². The molecule has 1 aliphatic carbocycles. The van der Waals surface area contributed by atoms with Crippen molar-refractivity contribution < 1.29 is 17.9 Å². The molecule has 8 heteroatoms. The molecule has 0 radical (unpaired) electrons. The highest BCUT2D eigenvalue weighted by Gasteiger charge is 2.40. The first-order valence-corrected chi connectivity index (χ1v) is 8.89. The van der Waals surface area contributed by atoms with Gasteiger partial charge in [0.15, 0.2) is 0 Å². The van der Waals surface area contributed by atoms with Gasteiger partial charge in [-0.3, -0.25) is 0 Å². The molecule has 0 spiro atoms. The van der Waals surface area contributed by atoms with Crippen LogP contribution in [0.15, 0.2) is 41.6 Å². The van der Waals surface area contributed by atoms with Gasteiger partial charge in [0.25, 0.3) is 0 Å². The van der Waals surface area contributed by atoms with Crippen molar-refractivity contribution in [1.82, 2.24) is 14.5 Å².